The van der Waals surface area contributed by atoms with Crippen LogP contribution in [-0.2, 0) is 4.79 Å². The van der Waals surface area contributed by atoms with Gasteiger partial charge < -0.3 is 16.2 Å². The Morgan fingerprint density at radius 1 is 1.37 bits per heavy atom. The average molecular weight is 270 g/mol. The smallest absolute Gasteiger partial charge is 0.220 e. The summed E-state index contributed by atoms with van der Waals surface area (Å²) in [7, 11) is 0. The van der Waals surface area contributed by atoms with Gasteiger partial charge in [0.05, 0.1) is 6.10 Å². The molecule has 3 atom stereocenters. The first-order valence-corrected chi connectivity index (χ1v) is 7.83. The second-order valence-corrected chi connectivity index (χ2v) is 5.86. The van der Waals surface area contributed by atoms with Crippen molar-refractivity contribution in [3.63, 3.8) is 0 Å². The van der Waals surface area contributed by atoms with Crippen molar-refractivity contribution in [1.29, 1.82) is 0 Å². The zero-order valence-corrected chi connectivity index (χ0v) is 12.2. The molecule has 1 amide bonds. The molecular weight excluding hydrogens is 240 g/mol. The molecular formula is C15H30N2O2. The van der Waals surface area contributed by atoms with Crippen molar-refractivity contribution in [3.05, 3.63) is 0 Å². The van der Waals surface area contributed by atoms with Gasteiger partial charge in [0.1, 0.15) is 0 Å². The van der Waals surface area contributed by atoms with E-state index in [0.29, 0.717) is 25.3 Å². The van der Waals surface area contributed by atoms with Crippen LogP contribution >= 0.6 is 0 Å². The first kappa shape index (κ1) is 16.4. The molecule has 0 spiro atoms. The van der Waals surface area contributed by atoms with Crippen molar-refractivity contribution in [2.24, 2.45) is 11.7 Å². The summed E-state index contributed by atoms with van der Waals surface area (Å²) in [5.74, 6) is 0.718. The molecule has 0 aromatic heterocycles. The molecule has 4 nitrogen and oxygen atoms in total. The molecule has 4 N–H and O–H groups in total. The van der Waals surface area contributed by atoms with Crippen molar-refractivity contribution >= 4 is 5.91 Å². The number of amides is 1. The van der Waals surface area contributed by atoms with Gasteiger partial charge >= 0.3 is 0 Å². The van der Waals surface area contributed by atoms with Crippen LogP contribution in [0, 0.1) is 5.92 Å². The van der Waals surface area contributed by atoms with Crippen LogP contribution in [-0.4, -0.2) is 29.7 Å². The van der Waals surface area contributed by atoms with E-state index in [1.54, 1.807) is 0 Å². The number of rotatable bonds is 8. The van der Waals surface area contributed by atoms with Gasteiger partial charge in [-0.1, -0.05) is 19.8 Å². The van der Waals surface area contributed by atoms with Crippen LogP contribution in [0.1, 0.15) is 64.7 Å². The van der Waals surface area contributed by atoms with Crippen LogP contribution in [0.4, 0.5) is 0 Å². The molecule has 4 heteroatoms. The maximum absolute atomic E-state index is 11.9. The molecule has 0 aliphatic heterocycles. The van der Waals surface area contributed by atoms with Crippen LogP contribution < -0.4 is 11.1 Å². The lowest BCUT2D eigenvalue weighted by molar-refractivity contribution is -0.122. The van der Waals surface area contributed by atoms with E-state index in [2.05, 4.69) is 12.2 Å². The fourth-order valence-electron chi connectivity index (χ4n) is 3.01. The van der Waals surface area contributed by atoms with Gasteiger partial charge in [-0.05, 0) is 51.0 Å². The van der Waals surface area contributed by atoms with E-state index in [4.69, 9.17) is 5.73 Å². The Morgan fingerprint density at radius 2 is 2.16 bits per heavy atom. The van der Waals surface area contributed by atoms with Crippen molar-refractivity contribution in [2.45, 2.75) is 76.9 Å². The van der Waals surface area contributed by atoms with Gasteiger partial charge in [0.2, 0.25) is 5.91 Å². The number of hydrogen-bond donors (Lipinski definition) is 3. The van der Waals surface area contributed by atoms with E-state index in [9.17, 15) is 9.90 Å². The summed E-state index contributed by atoms with van der Waals surface area (Å²) < 4.78 is 0. The van der Waals surface area contributed by atoms with E-state index >= 15 is 0 Å². The molecule has 1 fully saturated rings. The largest absolute Gasteiger partial charge is 0.393 e. The van der Waals surface area contributed by atoms with Crippen LogP contribution in [0.2, 0.25) is 0 Å². The third kappa shape index (κ3) is 6.92. The third-order valence-corrected chi connectivity index (χ3v) is 4.06. The van der Waals surface area contributed by atoms with Crippen molar-refractivity contribution < 1.29 is 9.90 Å². The summed E-state index contributed by atoms with van der Waals surface area (Å²) in [6, 6.07) is 0.176. The van der Waals surface area contributed by atoms with Crippen molar-refractivity contribution in [2.75, 3.05) is 6.54 Å². The fraction of sp³-hybridized carbons (Fsp3) is 0.933. The minimum atomic E-state index is -0.232. The molecule has 1 saturated carbocycles. The van der Waals surface area contributed by atoms with Crippen LogP contribution in [0.3, 0.4) is 0 Å². The topological polar surface area (TPSA) is 75.4 Å². The summed E-state index contributed by atoms with van der Waals surface area (Å²) in [5.41, 5.74) is 5.60. The standard InChI is InChI=1S/C15H30N2O2/c1-2-4-12(9-10-16)7-8-15(19)17-13-5-3-6-14(18)11-13/h12-14,18H,2-11,16H2,1H3,(H,17,19). The summed E-state index contributed by atoms with van der Waals surface area (Å²) in [5, 5.41) is 12.6. The summed E-state index contributed by atoms with van der Waals surface area (Å²) >= 11 is 0. The lowest BCUT2D eigenvalue weighted by Crippen LogP contribution is -2.39. The van der Waals surface area contributed by atoms with E-state index in [0.717, 1.165) is 44.9 Å². The molecule has 1 rings (SSSR count). The number of carbonyl (C=O) groups is 1. The maximum Gasteiger partial charge on any atom is 0.220 e. The molecule has 0 bridgehead atoms. The van der Waals surface area contributed by atoms with Gasteiger partial charge in [0, 0.05) is 12.5 Å². The maximum atomic E-state index is 11.9. The van der Waals surface area contributed by atoms with E-state index in [-0.39, 0.29) is 18.1 Å². The molecule has 3 unspecified atom stereocenters. The lowest BCUT2D eigenvalue weighted by Gasteiger charge is -2.27. The van der Waals surface area contributed by atoms with E-state index in [1.165, 1.54) is 0 Å². The van der Waals surface area contributed by atoms with Gasteiger partial charge in [-0.3, -0.25) is 4.79 Å². The van der Waals surface area contributed by atoms with Gasteiger partial charge in [0.15, 0.2) is 0 Å². The van der Waals surface area contributed by atoms with Gasteiger partial charge in [-0.15, -0.1) is 0 Å². The second kappa shape index (κ2) is 9.32. The Labute approximate surface area is 117 Å². The normalized spacial score (nSPS) is 25.0. The zero-order valence-electron chi connectivity index (χ0n) is 12.2. The molecule has 1 aliphatic carbocycles. The second-order valence-electron chi connectivity index (χ2n) is 5.86. The minimum Gasteiger partial charge on any atom is -0.393 e. The monoisotopic (exact) mass is 270 g/mol. The van der Waals surface area contributed by atoms with Crippen molar-refractivity contribution in [1.82, 2.24) is 5.32 Å². The minimum absolute atomic E-state index is 0.136. The molecule has 0 saturated heterocycles. The molecule has 112 valence electrons. The van der Waals surface area contributed by atoms with Crippen LogP contribution in [0.5, 0.6) is 0 Å². The summed E-state index contributed by atoms with van der Waals surface area (Å²) in [6.07, 6.45) is 8.24. The van der Waals surface area contributed by atoms with Crippen LogP contribution in [0.25, 0.3) is 0 Å². The SMILES string of the molecule is CCCC(CCN)CCC(=O)NC1CCCC(O)C1. The quantitative estimate of drug-likeness (QED) is 0.631. The Bertz CT molecular complexity index is 253. The Morgan fingerprint density at radius 3 is 2.79 bits per heavy atom. The highest BCUT2D eigenvalue weighted by atomic mass is 16.3. The number of nitrogens with two attached hydrogens (primary N) is 1. The van der Waals surface area contributed by atoms with E-state index < -0.39 is 0 Å². The predicted octanol–water partition coefficient (Wildman–Crippen LogP) is 1.95. The highest BCUT2D eigenvalue weighted by molar-refractivity contribution is 5.76. The van der Waals surface area contributed by atoms with Gasteiger partial charge in [-0.2, -0.15) is 0 Å². The average Bonchev–Trinajstić information content (AvgIpc) is 2.36. The first-order valence-electron chi connectivity index (χ1n) is 7.83. The number of hydrogen-bond acceptors (Lipinski definition) is 3. The lowest BCUT2D eigenvalue weighted by atomic mass is 9.92. The van der Waals surface area contributed by atoms with Gasteiger partial charge in [0.25, 0.3) is 0 Å². The highest BCUT2D eigenvalue weighted by Gasteiger charge is 2.21. The van der Waals surface area contributed by atoms with Crippen LogP contribution in [0.15, 0.2) is 0 Å². The molecule has 0 radical (unpaired) electrons. The summed E-state index contributed by atoms with van der Waals surface area (Å²) in [6.45, 7) is 2.88. The number of nitrogens with one attached hydrogen (secondary N) is 1. The predicted molar refractivity (Wildman–Crippen MR) is 77.7 cm³/mol. The Balaban J connectivity index is 2.22. The third-order valence-electron chi connectivity index (χ3n) is 4.06. The summed E-state index contributed by atoms with van der Waals surface area (Å²) in [4.78, 5) is 11.9. The molecule has 0 heterocycles. The van der Waals surface area contributed by atoms with Gasteiger partial charge in [-0.25, -0.2) is 0 Å². The Kier molecular flexibility index (Phi) is 8.07. The zero-order chi connectivity index (χ0) is 14.1. The molecule has 1 aliphatic rings. The molecule has 0 aromatic carbocycles. The Hall–Kier alpha value is -0.610. The first-order chi connectivity index (χ1) is 9.15. The fourth-order valence-corrected chi connectivity index (χ4v) is 3.01. The van der Waals surface area contributed by atoms with Crippen molar-refractivity contribution in [3.8, 4) is 0 Å². The number of aliphatic hydroxyl groups excluding tert-OH is 1. The number of aliphatic hydroxyl groups is 1. The van der Waals surface area contributed by atoms with E-state index in [1.807, 2.05) is 0 Å². The number of carbonyl (C=O) groups excluding carboxylic acids is 1. The highest BCUT2D eigenvalue weighted by Crippen LogP contribution is 2.20. The molecule has 19 heavy (non-hydrogen) atoms. The molecule has 0 aromatic rings.